The van der Waals surface area contributed by atoms with Gasteiger partial charge in [-0.05, 0) is 35.4 Å². The second-order valence-corrected chi connectivity index (χ2v) is 8.98. The molecule has 2 fully saturated rings. The van der Waals surface area contributed by atoms with Crippen molar-refractivity contribution in [3.8, 4) is 11.5 Å². The van der Waals surface area contributed by atoms with E-state index in [-0.39, 0.29) is 18.5 Å². The van der Waals surface area contributed by atoms with E-state index < -0.39 is 18.5 Å². The van der Waals surface area contributed by atoms with E-state index in [1.165, 1.54) is 0 Å². The number of methoxy groups -OCH3 is 2. The van der Waals surface area contributed by atoms with Crippen molar-refractivity contribution in [1.82, 2.24) is 0 Å². The van der Waals surface area contributed by atoms with Crippen molar-refractivity contribution >= 4 is 9.24 Å². The van der Waals surface area contributed by atoms with Crippen LogP contribution in [0.25, 0.3) is 0 Å². The number of hydrogen-bond acceptors (Lipinski definition) is 8. The van der Waals surface area contributed by atoms with E-state index in [9.17, 15) is 0 Å². The van der Waals surface area contributed by atoms with Crippen LogP contribution in [-0.2, 0) is 41.6 Å². The highest BCUT2D eigenvalue weighted by molar-refractivity contribution is 7.16. The van der Waals surface area contributed by atoms with Gasteiger partial charge in [0, 0.05) is 6.16 Å². The van der Waals surface area contributed by atoms with Crippen LogP contribution in [-0.4, -0.2) is 70.6 Å². The number of hydrogen-bond donors (Lipinski definition) is 0. The van der Waals surface area contributed by atoms with Crippen LogP contribution in [0.4, 0.5) is 0 Å². The van der Waals surface area contributed by atoms with Gasteiger partial charge in [-0.25, -0.2) is 0 Å². The molecule has 2 unspecified atom stereocenters. The molecule has 2 heterocycles. The fourth-order valence-corrected chi connectivity index (χ4v) is 4.46. The van der Waals surface area contributed by atoms with Crippen molar-refractivity contribution in [2.75, 3.05) is 33.6 Å². The Morgan fingerprint density at radius 1 is 0.861 bits per heavy atom. The number of ether oxygens (including phenoxy) is 8. The largest absolute Gasteiger partial charge is 0.497 e. The summed E-state index contributed by atoms with van der Waals surface area (Å²) >= 11 is 0. The third-order valence-electron chi connectivity index (χ3n) is 6.12. The van der Waals surface area contributed by atoms with Gasteiger partial charge in [0.15, 0.2) is 12.6 Å². The van der Waals surface area contributed by atoms with Crippen molar-refractivity contribution in [3.05, 3.63) is 72.3 Å². The molecule has 0 amide bonds. The summed E-state index contributed by atoms with van der Waals surface area (Å²) in [7, 11) is 5.95. The van der Waals surface area contributed by atoms with Crippen LogP contribution in [0.1, 0.15) is 11.1 Å². The Labute approximate surface area is 214 Å². The molecule has 4 rings (SSSR count). The molecule has 2 aliphatic rings. The highest BCUT2D eigenvalue weighted by Crippen LogP contribution is 2.34. The highest BCUT2D eigenvalue weighted by Gasteiger charge is 2.51. The second-order valence-electron chi connectivity index (χ2n) is 8.51. The van der Waals surface area contributed by atoms with Gasteiger partial charge in [-0.1, -0.05) is 30.3 Å². The summed E-state index contributed by atoms with van der Waals surface area (Å²) in [4.78, 5) is 0. The van der Waals surface area contributed by atoms with Gasteiger partial charge >= 0.3 is 0 Å². The van der Waals surface area contributed by atoms with Gasteiger partial charge in [-0.2, -0.15) is 0 Å². The molecule has 2 saturated heterocycles. The van der Waals surface area contributed by atoms with Crippen LogP contribution < -0.4 is 9.47 Å². The van der Waals surface area contributed by atoms with Gasteiger partial charge in [0.05, 0.1) is 40.6 Å². The van der Waals surface area contributed by atoms with Crippen molar-refractivity contribution < 1.29 is 37.9 Å². The van der Waals surface area contributed by atoms with Crippen LogP contribution >= 0.6 is 9.24 Å². The van der Waals surface area contributed by atoms with E-state index >= 15 is 0 Å². The summed E-state index contributed by atoms with van der Waals surface area (Å²) in [6.45, 7) is 5.16. The maximum Gasteiger partial charge on any atom is 0.187 e. The van der Waals surface area contributed by atoms with Crippen LogP contribution in [0.5, 0.6) is 11.5 Å². The minimum atomic E-state index is -0.678. The van der Waals surface area contributed by atoms with Gasteiger partial charge in [-0.3, -0.25) is 0 Å². The summed E-state index contributed by atoms with van der Waals surface area (Å²) < 4.78 is 47.8. The molecule has 2 aromatic carbocycles. The van der Waals surface area contributed by atoms with Gasteiger partial charge in [-0.15, -0.1) is 15.8 Å². The third kappa shape index (κ3) is 6.84. The molecule has 0 saturated carbocycles. The van der Waals surface area contributed by atoms with E-state index in [0.717, 1.165) is 22.6 Å². The molecule has 8 nitrogen and oxygen atoms in total. The van der Waals surface area contributed by atoms with Crippen LogP contribution in [0.15, 0.2) is 61.2 Å². The first-order valence-corrected chi connectivity index (χ1v) is 12.8. The lowest BCUT2D eigenvalue weighted by Gasteiger charge is -2.48. The molecule has 2 aliphatic heterocycles. The average molecular weight is 519 g/mol. The Morgan fingerprint density at radius 3 is 1.97 bits per heavy atom. The molecule has 0 spiro atoms. The van der Waals surface area contributed by atoms with Crippen molar-refractivity contribution in [3.63, 3.8) is 0 Å². The van der Waals surface area contributed by atoms with Gasteiger partial charge in [0.2, 0.25) is 0 Å². The topological polar surface area (TPSA) is 73.8 Å². The Bertz CT molecular complexity index is 938. The first-order valence-electron chi connectivity index (χ1n) is 12.0. The zero-order valence-electron chi connectivity index (χ0n) is 20.7. The average Bonchev–Trinajstić information content (AvgIpc) is 2.94. The van der Waals surface area contributed by atoms with E-state index in [2.05, 4.69) is 15.8 Å². The second kappa shape index (κ2) is 13.5. The maximum atomic E-state index is 6.49. The molecule has 0 radical (unpaired) electrons. The lowest BCUT2D eigenvalue weighted by Crippen LogP contribution is -2.64. The molecule has 7 atom stereocenters. The summed E-state index contributed by atoms with van der Waals surface area (Å²) in [6, 6.07) is 15.5. The van der Waals surface area contributed by atoms with Crippen LogP contribution in [0.2, 0.25) is 0 Å². The first-order chi connectivity index (χ1) is 17.6. The molecule has 0 aliphatic carbocycles. The Kier molecular flexibility index (Phi) is 10.1. The smallest absolute Gasteiger partial charge is 0.187 e. The van der Waals surface area contributed by atoms with E-state index in [1.54, 1.807) is 20.3 Å². The Balaban J connectivity index is 1.55. The predicted octanol–water partition coefficient (Wildman–Crippen LogP) is 3.72. The monoisotopic (exact) mass is 518 g/mol. The Hall–Kier alpha value is -2.03. The molecular weight excluding hydrogens is 483 g/mol. The normalized spacial score (nSPS) is 27.8. The molecular formula is C27H35O8P. The quantitative estimate of drug-likeness (QED) is 0.311. The lowest BCUT2D eigenvalue weighted by molar-refractivity contribution is -0.365. The summed E-state index contributed by atoms with van der Waals surface area (Å²) in [5.74, 6) is 1.58. The van der Waals surface area contributed by atoms with E-state index in [1.807, 2.05) is 48.5 Å². The van der Waals surface area contributed by atoms with Crippen molar-refractivity contribution in [1.29, 1.82) is 0 Å². The Morgan fingerprint density at radius 2 is 1.44 bits per heavy atom. The third-order valence-corrected chi connectivity index (χ3v) is 6.51. The van der Waals surface area contributed by atoms with Crippen LogP contribution in [0.3, 0.4) is 0 Å². The van der Waals surface area contributed by atoms with Gasteiger partial charge in [0.25, 0.3) is 0 Å². The minimum absolute atomic E-state index is 0.311. The summed E-state index contributed by atoms with van der Waals surface area (Å²) in [5, 5.41) is 0. The molecule has 0 aromatic heterocycles. The van der Waals surface area contributed by atoms with Crippen molar-refractivity contribution in [2.24, 2.45) is 0 Å². The fraction of sp³-hybridized carbons (Fsp3) is 0.481. The predicted molar refractivity (Wildman–Crippen MR) is 137 cm³/mol. The number of rotatable bonds is 12. The maximum absolute atomic E-state index is 6.49. The lowest BCUT2D eigenvalue weighted by atomic mass is 9.97. The summed E-state index contributed by atoms with van der Waals surface area (Å²) in [5.41, 5.74) is 2.00. The summed E-state index contributed by atoms with van der Waals surface area (Å²) in [6.07, 6.45) is -0.454. The molecule has 36 heavy (non-hydrogen) atoms. The van der Waals surface area contributed by atoms with Gasteiger partial charge in [0.1, 0.15) is 35.9 Å². The highest BCUT2D eigenvalue weighted by atomic mass is 31.0. The van der Waals surface area contributed by atoms with Crippen LogP contribution in [0, 0.1) is 0 Å². The molecule has 2 aromatic rings. The zero-order chi connectivity index (χ0) is 25.3. The van der Waals surface area contributed by atoms with E-state index in [4.69, 9.17) is 37.9 Å². The SMILES string of the molecule is C=CCO[C@@H]1O[C@@H]2COC(CP)O[C@H]2[C@H](OCc2ccc(OC)cc2)[C@H]1OCc1ccc(OC)cc1. The number of benzene rings is 2. The zero-order valence-corrected chi connectivity index (χ0v) is 21.9. The fourth-order valence-electron chi connectivity index (χ4n) is 4.21. The minimum Gasteiger partial charge on any atom is -0.497 e. The molecule has 0 N–H and O–H groups in total. The number of fused-ring (bicyclic) bond motifs is 1. The van der Waals surface area contributed by atoms with E-state index in [0.29, 0.717) is 32.6 Å². The first kappa shape index (κ1) is 27.0. The standard InChI is InChI=1S/C27H35O8P/c1-4-13-30-27-26(33-15-19-7-11-21(29-3)12-8-19)25(24-22(34-27)16-31-23(17-36)35-24)32-14-18-5-9-20(28-2)10-6-18/h4-12,22-27H,1,13-17,36H2,2-3H3/t22-,23?,24-,25+,26-,27-/m1/s1. The molecule has 196 valence electrons. The molecule has 9 heteroatoms. The van der Waals surface area contributed by atoms with Crippen molar-refractivity contribution in [2.45, 2.75) is 50.2 Å². The molecule has 0 bridgehead atoms. The van der Waals surface area contributed by atoms with Gasteiger partial charge < -0.3 is 37.9 Å².